The quantitative estimate of drug-likeness (QED) is 0.555. The minimum absolute atomic E-state index is 0.217. The van der Waals surface area contributed by atoms with E-state index in [0.717, 1.165) is 5.69 Å². The second-order valence-corrected chi connectivity index (χ2v) is 6.55. The third-order valence-electron chi connectivity index (χ3n) is 3.50. The molecule has 0 saturated heterocycles. The number of fused-ring (bicyclic) bond motifs is 1. The minimum atomic E-state index is -0.217. The van der Waals surface area contributed by atoms with Crippen LogP contribution >= 0.6 is 23.4 Å². The lowest BCUT2D eigenvalue weighted by Crippen LogP contribution is -2.11. The highest BCUT2D eigenvalue weighted by Crippen LogP contribution is 2.21. The zero-order valence-electron chi connectivity index (χ0n) is 12.8. The summed E-state index contributed by atoms with van der Waals surface area (Å²) in [4.78, 5) is 19.4. The Kier molecular flexibility index (Phi) is 4.21. The van der Waals surface area contributed by atoms with Crippen LogP contribution in [0.3, 0.4) is 0 Å². The lowest BCUT2D eigenvalue weighted by Gasteiger charge is -2.05. The van der Waals surface area contributed by atoms with Crippen LogP contribution < -0.4 is 5.56 Å². The van der Waals surface area contributed by atoms with E-state index in [2.05, 4.69) is 25.5 Å². The number of hydrogen-bond acceptors (Lipinski definition) is 6. The molecule has 0 aliphatic carbocycles. The van der Waals surface area contributed by atoms with Gasteiger partial charge < -0.3 is 4.98 Å². The van der Waals surface area contributed by atoms with Crippen LogP contribution in [0, 0.1) is 0 Å². The normalized spacial score (nSPS) is 11.1. The fraction of sp³-hybridized carbons (Fsp3) is 0.0625. The van der Waals surface area contributed by atoms with Gasteiger partial charge >= 0.3 is 0 Å². The number of H-pyrrole nitrogens is 1. The van der Waals surface area contributed by atoms with Crippen LogP contribution in [0.25, 0.3) is 16.6 Å². The van der Waals surface area contributed by atoms with Gasteiger partial charge in [-0.3, -0.25) is 4.79 Å². The highest BCUT2D eigenvalue weighted by Gasteiger charge is 2.11. The maximum absolute atomic E-state index is 12.2. The lowest BCUT2D eigenvalue weighted by atomic mass is 10.2. The van der Waals surface area contributed by atoms with Crippen molar-refractivity contribution >= 4 is 34.3 Å². The van der Waals surface area contributed by atoms with E-state index < -0.39 is 0 Å². The zero-order chi connectivity index (χ0) is 17.2. The molecule has 124 valence electrons. The number of benzene rings is 2. The molecule has 2 aromatic heterocycles. The van der Waals surface area contributed by atoms with E-state index in [0.29, 0.717) is 32.7 Å². The first-order valence-electron chi connectivity index (χ1n) is 7.36. The molecule has 2 heterocycles. The van der Waals surface area contributed by atoms with Crippen LogP contribution in [0.5, 0.6) is 0 Å². The summed E-state index contributed by atoms with van der Waals surface area (Å²) < 4.78 is 1.64. The summed E-state index contributed by atoms with van der Waals surface area (Å²) in [6.45, 7) is 0. The van der Waals surface area contributed by atoms with Gasteiger partial charge in [0.2, 0.25) is 5.16 Å². The molecular weight excluding hydrogens is 360 g/mol. The fourth-order valence-electron chi connectivity index (χ4n) is 2.36. The predicted molar refractivity (Wildman–Crippen MR) is 96.1 cm³/mol. The minimum Gasteiger partial charge on any atom is -0.309 e. The summed E-state index contributed by atoms with van der Waals surface area (Å²) in [6, 6.07) is 14.6. The Morgan fingerprint density at radius 3 is 2.84 bits per heavy atom. The smallest absolute Gasteiger partial charge is 0.258 e. The van der Waals surface area contributed by atoms with Gasteiger partial charge in [0.25, 0.3) is 5.56 Å². The Morgan fingerprint density at radius 2 is 2.00 bits per heavy atom. The van der Waals surface area contributed by atoms with Gasteiger partial charge in [-0.2, -0.15) is 4.68 Å². The first-order chi connectivity index (χ1) is 12.2. The molecule has 0 spiro atoms. The standard InChI is InChI=1S/C16H11ClN6OS/c17-10-6-7-13-12(8-10)15(24)19-14(18-13)9-25-16-20-21-22-23(16)11-4-2-1-3-5-11/h1-8H,9H2,(H,18,19,24). The summed E-state index contributed by atoms with van der Waals surface area (Å²) in [5.41, 5.74) is 1.25. The fourth-order valence-corrected chi connectivity index (χ4v) is 3.29. The Hall–Kier alpha value is -2.71. The molecule has 4 rings (SSSR count). The Labute approximate surface area is 151 Å². The van der Waals surface area contributed by atoms with Crippen molar-refractivity contribution in [2.45, 2.75) is 10.9 Å². The number of rotatable bonds is 4. The number of aromatic amines is 1. The van der Waals surface area contributed by atoms with Crippen molar-refractivity contribution in [3.05, 3.63) is 69.7 Å². The molecule has 0 unspecified atom stereocenters. The first-order valence-corrected chi connectivity index (χ1v) is 8.72. The van der Waals surface area contributed by atoms with Crippen LogP contribution in [0.1, 0.15) is 5.82 Å². The van der Waals surface area contributed by atoms with E-state index >= 15 is 0 Å². The van der Waals surface area contributed by atoms with Gasteiger partial charge in [-0.05, 0) is 40.8 Å². The maximum Gasteiger partial charge on any atom is 0.258 e. The van der Waals surface area contributed by atoms with E-state index in [1.165, 1.54) is 11.8 Å². The second kappa shape index (κ2) is 6.66. The number of para-hydroxylation sites is 1. The highest BCUT2D eigenvalue weighted by atomic mass is 35.5. The van der Waals surface area contributed by atoms with Crippen LogP contribution in [-0.4, -0.2) is 30.2 Å². The molecule has 0 aliphatic heterocycles. The molecule has 0 atom stereocenters. The molecule has 0 fully saturated rings. The van der Waals surface area contributed by atoms with E-state index in [-0.39, 0.29) is 5.56 Å². The van der Waals surface area contributed by atoms with Gasteiger partial charge in [-0.25, -0.2) is 4.98 Å². The number of nitrogens with one attached hydrogen (secondary N) is 1. The Balaban J connectivity index is 1.61. The van der Waals surface area contributed by atoms with Crippen molar-refractivity contribution in [2.75, 3.05) is 0 Å². The van der Waals surface area contributed by atoms with Crippen molar-refractivity contribution in [3.8, 4) is 5.69 Å². The summed E-state index contributed by atoms with van der Waals surface area (Å²) in [5, 5.41) is 13.3. The van der Waals surface area contributed by atoms with Crippen LogP contribution in [0.4, 0.5) is 0 Å². The predicted octanol–water partition coefficient (Wildman–Crippen LogP) is 2.84. The van der Waals surface area contributed by atoms with Gasteiger partial charge in [-0.15, -0.1) is 5.10 Å². The molecule has 0 amide bonds. The molecule has 9 heteroatoms. The van der Waals surface area contributed by atoms with Crippen LogP contribution in [0.15, 0.2) is 58.5 Å². The van der Waals surface area contributed by atoms with Crippen molar-refractivity contribution in [1.29, 1.82) is 0 Å². The number of nitrogens with zero attached hydrogens (tertiary/aromatic N) is 5. The molecule has 7 nitrogen and oxygen atoms in total. The third kappa shape index (κ3) is 3.26. The van der Waals surface area contributed by atoms with E-state index in [1.807, 2.05) is 30.3 Å². The number of halogens is 1. The lowest BCUT2D eigenvalue weighted by molar-refractivity contribution is 0.756. The number of hydrogen-bond donors (Lipinski definition) is 1. The van der Waals surface area contributed by atoms with Crippen molar-refractivity contribution in [1.82, 2.24) is 30.2 Å². The van der Waals surface area contributed by atoms with Gasteiger partial charge in [0.15, 0.2) is 0 Å². The summed E-state index contributed by atoms with van der Waals surface area (Å²) in [5.74, 6) is 0.980. The maximum atomic E-state index is 12.2. The monoisotopic (exact) mass is 370 g/mol. The molecule has 0 bridgehead atoms. The average molecular weight is 371 g/mol. The first kappa shape index (κ1) is 15.8. The number of tetrazole rings is 1. The molecule has 25 heavy (non-hydrogen) atoms. The summed E-state index contributed by atoms with van der Waals surface area (Å²) >= 11 is 7.32. The summed E-state index contributed by atoms with van der Waals surface area (Å²) in [6.07, 6.45) is 0. The average Bonchev–Trinajstić information content (AvgIpc) is 3.10. The SMILES string of the molecule is O=c1[nH]c(CSc2nnnn2-c2ccccc2)nc2ccc(Cl)cc12. The van der Waals surface area contributed by atoms with Crippen LogP contribution in [-0.2, 0) is 5.75 Å². The van der Waals surface area contributed by atoms with Gasteiger partial charge in [0.05, 0.1) is 22.3 Å². The molecule has 0 saturated carbocycles. The van der Waals surface area contributed by atoms with E-state index in [4.69, 9.17) is 11.6 Å². The van der Waals surface area contributed by atoms with Gasteiger partial charge in [-0.1, -0.05) is 41.6 Å². The van der Waals surface area contributed by atoms with Crippen molar-refractivity contribution in [2.24, 2.45) is 0 Å². The van der Waals surface area contributed by atoms with E-state index in [9.17, 15) is 4.79 Å². The van der Waals surface area contributed by atoms with Gasteiger partial charge in [0, 0.05) is 5.02 Å². The molecule has 4 aromatic rings. The second-order valence-electron chi connectivity index (χ2n) is 5.17. The van der Waals surface area contributed by atoms with Gasteiger partial charge in [0.1, 0.15) is 5.82 Å². The largest absolute Gasteiger partial charge is 0.309 e. The molecule has 1 N–H and O–H groups in total. The number of thioether (sulfide) groups is 1. The molecular formula is C16H11ClN6OS. The van der Waals surface area contributed by atoms with Crippen molar-refractivity contribution in [3.63, 3.8) is 0 Å². The third-order valence-corrected chi connectivity index (χ3v) is 4.66. The molecule has 2 aromatic carbocycles. The molecule has 0 aliphatic rings. The van der Waals surface area contributed by atoms with E-state index in [1.54, 1.807) is 22.9 Å². The highest BCUT2D eigenvalue weighted by molar-refractivity contribution is 7.98. The Morgan fingerprint density at radius 1 is 1.16 bits per heavy atom. The Bertz CT molecular complexity index is 1090. The zero-order valence-corrected chi connectivity index (χ0v) is 14.3. The number of aromatic nitrogens is 6. The van der Waals surface area contributed by atoms with Crippen LogP contribution in [0.2, 0.25) is 5.02 Å². The molecule has 0 radical (unpaired) electrons. The van der Waals surface area contributed by atoms with Crippen molar-refractivity contribution < 1.29 is 0 Å². The topological polar surface area (TPSA) is 89.4 Å². The summed E-state index contributed by atoms with van der Waals surface area (Å²) in [7, 11) is 0.